The monoisotopic (exact) mass is 472 g/mol. The summed E-state index contributed by atoms with van der Waals surface area (Å²) < 4.78 is 11.7. The number of carbonyl (C=O) groups excluding carboxylic acids is 3. The summed E-state index contributed by atoms with van der Waals surface area (Å²) in [4.78, 5) is 43.8. The van der Waals surface area contributed by atoms with Gasteiger partial charge in [0, 0.05) is 38.4 Å². The summed E-state index contributed by atoms with van der Waals surface area (Å²) in [5.41, 5.74) is -0.391. The van der Waals surface area contributed by atoms with E-state index in [1.165, 1.54) is 4.90 Å². The number of aliphatic hydroxyl groups is 1. The highest BCUT2D eigenvalue weighted by atomic mass is 16.5. The summed E-state index contributed by atoms with van der Waals surface area (Å²) >= 11 is 0. The zero-order valence-corrected chi connectivity index (χ0v) is 19.2. The quantitative estimate of drug-likeness (QED) is 0.464. The number of benzene rings is 1. The van der Waals surface area contributed by atoms with E-state index in [0.29, 0.717) is 44.8 Å². The van der Waals surface area contributed by atoms with Crippen molar-refractivity contribution in [1.82, 2.24) is 15.1 Å². The number of rotatable bonds is 8. The predicted octanol–water partition coefficient (Wildman–Crippen LogP) is -0.560. The van der Waals surface area contributed by atoms with Crippen LogP contribution in [0.3, 0.4) is 0 Å². The van der Waals surface area contributed by atoms with Gasteiger partial charge < -0.3 is 30.1 Å². The van der Waals surface area contributed by atoms with Gasteiger partial charge in [-0.3, -0.25) is 19.3 Å². The molecule has 0 radical (unpaired) electrons. The van der Waals surface area contributed by atoms with E-state index in [-0.39, 0.29) is 30.9 Å². The topological polar surface area (TPSA) is 120 Å². The summed E-state index contributed by atoms with van der Waals surface area (Å²) in [5, 5.41) is 15.5. The van der Waals surface area contributed by atoms with E-state index in [2.05, 4.69) is 15.5 Å². The van der Waals surface area contributed by atoms with E-state index < -0.39 is 29.6 Å². The smallest absolute Gasteiger partial charge is 0.245 e. The molecule has 0 aliphatic carbocycles. The third kappa shape index (κ3) is 3.98. The third-order valence-electron chi connectivity index (χ3n) is 7.56. The lowest BCUT2D eigenvalue weighted by atomic mass is 9.70. The molecule has 1 aromatic carbocycles. The molecule has 34 heavy (non-hydrogen) atoms. The van der Waals surface area contributed by atoms with Crippen LogP contribution in [0, 0.1) is 11.8 Å². The number of likely N-dealkylation sites (tertiary alicyclic amines) is 1. The fraction of sp³-hybridized carbons (Fsp3) is 0.625. The van der Waals surface area contributed by atoms with Crippen molar-refractivity contribution in [3.63, 3.8) is 0 Å². The Balaban J connectivity index is 1.33. The molecule has 2 bridgehead atoms. The van der Waals surface area contributed by atoms with Crippen LogP contribution >= 0.6 is 0 Å². The molecule has 10 heteroatoms. The number of para-hydroxylation sites is 1. The average Bonchev–Trinajstić information content (AvgIpc) is 3.48. The predicted molar refractivity (Wildman–Crippen MR) is 122 cm³/mol. The van der Waals surface area contributed by atoms with E-state index in [1.807, 2.05) is 18.2 Å². The van der Waals surface area contributed by atoms with Gasteiger partial charge in [-0.25, -0.2) is 0 Å². The Morgan fingerprint density at radius 2 is 1.88 bits per heavy atom. The van der Waals surface area contributed by atoms with Gasteiger partial charge in [0.1, 0.15) is 11.6 Å². The number of morpholine rings is 1. The van der Waals surface area contributed by atoms with Crippen molar-refractivity contribution < 1.29 is 29.0 Å². The lowest BCUT2D eigenvalue weighted by Gasteiger charge is -2.33. The van der Waals surface area contributed by atoms with E-state index >= 15 is 0 Å². The number of nitrogens with zero attached hydrogens (tertiary/aromatic N) is 2. The SMILES string of the molecule is O=C(NCCN1CCOCC1)C1N(CCO)C(=O)[C@@H]2[C@@H](C(=O)Nc3ccccc3)[C@H]3CCC12O3. The summed E-state index contributed by atoms with van der Waals surface area (Å²) in [5.74, 6) is -2.26. The maximum absolute atomic E-state index is 13.5. The summed E-state index contributed by atoms with van der Waals surface area (Å²) in [6, 6.07) is 8.24. The Bertz CT molecular complexity index is 923. The molecule has 1 spiro atoms. The summed E-state index contributed by atoms with van der Waals surface area (Å²) in [7, 11) is 0. The molecule has 184 valence electrons. The van der Waals surface area contributed by atoms with Crippen LogP contribution in [-0.4, -0.2) is 103 Å². The normalized spacial score (nSPS) is 32.6. The molecule has 3 amide bonds. The highest BCUT2D eigenvalue weighted by molar-refractivity contribution is 6.01. The molecule has 0 aromatic heterocycles. The van der Waals surface area contributed by atoms with Gasteiger partial charge in [-0.05, 0) is 25.0 Å². The Hall–Kier alpha value is -2.53. The van der Waals surface area contributed by atoms with Crippen LogP contribution in [0.5, 0.6) is 0 Å². The fourth-order valence-electron chi connectivity index (χ4n) is 6.11. The zero-order chi connectivity index (χ0) is 23.7. The summed E-state index contributed by atoms with van der Waals surface area (Å²) in [6.07, 6.45) is 0.742. The Labute approximate surface area is 198 Å². The minimum atomic E-state index is -1.04. The zero-order valence-electron chi connectivity index (χ0n) is 19.2. The number of aliphatic hydroxyl groups excluding tert-OH is 1. The Kier molecular flexibility index (Phi) is 6.57. The second kappa shape index (κ2) is 9.61. The molecule has 2 unspecified atom stereocenters. The first-order chi connectivity index (χ1) is 16.5. The maximum Gasteiger partial charge on any atom is 0.245 e. The average molecular weight is 473 g/mol. The van der Waals surface area contributed by atoms with Crippen molar-refractivity contribution in [2.75, 3.05) is 57.9 Å². The highest BCUT2D eigenvalue weighted by Crippen LogP contribution is 2.58. The molecule has 4 aliphatic heterocycles. The molecule has 4 heterocycles. The molecule has 4 aliphatic rings. The van der Waals surface area contributed by atoms with Gasteiger partial charge in [0.25, 0.3) is 0 Å². The van der Waals surface area contributed by atoms with Gasteiger partial charge in [-0.15, -0.1) is 0 Å². The van der Waals surface area contributed by atoms with Gasteiger partial charge in [0.2, 0.25) is 17.7 Å². The Morgan fingerprint density at radius 1 is 1.12 bits per heavy atom. The molecule has 0 saturated carbocycles. The molecule has 4 fully saturated rings. The number of amides is 3. The van der Waals surface area contributed by atoms with Crippen LogP contribution in [0.2, 0.25) is 0 Å². The lowest BCUT2D eigenvalue weighted by Crippen LogP contribution is -2.56. The molecule has 3 N–H and O–H groups in total. The number of nitrogens with one attached hydrogen (secondary N) is 2. The number of ether oxygens (including phenoxy) is 2. The number of carbonyl (C=O) groups is 3. The minimum Gasteiger partial charge on any atom is -0.395 e. The molecule has 5 atom stereocenters. The van der Waals surface area contributed by atoms with Crippen LogP contribution < -0.4 is 10.6 Å². The largest absolute Gasteiger partial charge is 0.395 e. The van der Waals surface area contributed by atoms with E-state index in [1.54, 1.807) is 12.1 Å². The van der Waals surface area contributed by atoms with Crippen molar-refractivity contribution in [2.24, 2.45) is 11.8 Å². The first-order valence-corrected chi connectivity index (χ1v) is 12.1. The van der Waals surface area contributed by atoms with Crippen LogP contribution in [-0.2, 0) is 23.9 Å². The fourth-order valence-corrected chi connectivity index (χ4v) is 6.11. The highest BCUT2D eigenvalue weighted by Gasteiger charge is 2.74. The number of hydrogen-bond acceptors (Lipinski definition) is 7. The third-order valence-corrected chi connectivity index (χ3v) is 7.56. The van der Waals surface area contributed by atoms with Crippen molar-refractivity contribution in [1.29, 1.82) is 0 Å². The first-order valence-electron chi connectivity index (χ1n) is 12.1. The van der Waals surface area contributed by atoms with Crippen LogP contribution in [0.4, 0.5) is 5.69 Å². The molecular formula is C24H32N4O6. The standard InChI is InChI=1S/C24H32N4O6/c29-13-10-28-20(22(31)25-8-9-27-11-14-33-15-12-27)24-7-6-17(34-24)18(19(24)23(28)32)21(30)26-16-4-2-1-3-5-16/h1-5,17-20,29H,6-15H2,(H,25,31)(H,26,30)/t17-,18+,19+,20?,24?/m1/s1. The van der Waals surface area contributed by atoms with Crippen molar-refractivity contribution in [3.05, 3.63) is 30.3 Å². The van der Waals surface area contributed by atoms with E-state index in [0.717, 1.165) is 13.1 Å². The second-order valence-electron chi connectivity index (χ2n) is 9.41. The lowest BCUT2D eigenvalue weighted by molar-refractivity contribution is -0.142. The number of anilines is 1. The van der Waals surface area contributed by atoms with E-state index in [4.69, 9.17) is 9.47 Å². The Morgan fingerprint density at radius 3 is 2.62 bits per heavy atom. The van der Waals surface area contributed by atoms with Gasteiger partial charge in [-0.1, -0.05) is 18.2 Å². The van der Waals surface area contributed by atoms with Gasteiger partial charge in [0.15, 0.2) is 0 Å². The molecule has 5 rings (SSSR count). The van der Waals surface area contributed by atoms with Crippen LogP contribution in [0.25, 0.3) is 0 Å². The first kappa shape index (κ1) is 23.2. The number of fused-ring (bicyclic) bond motifs is 1. The molecule has 1 aromatic rings. The molecule has 10 nitrogen and oxygen atoms in total. The van der Waals surface area contributed by atoms with Gasteiger partial charge in [-0.2, -0.15) is 0 Å². The second-order valence-corrected chi connectivity index (χ2v) is 9.41. The van der Waals surface area contributed by atoms with Crippen molar-refractivity contribution in [3.8, 4) is 0 Å². The molecule has 4 saturated heterocycles. The summed E-state index contributed by atoms with van der Waals surface area (Å²) in [6.45, 7) is 3.91. The van der Waals surface area contributed by atoms with Crippen LogP contribution in [0.15, 0.2) is 30.3 Å². The van der Waals surface area contributed by atoms with Crippen molar-refractivity contribution in [2.45, 2.75) is 30.6 Å². The maximum atomic E-state index is 13.5. The van der Waals surface area contributed by atoms with Crippen LogP contribution in [0.1, 0.15) is 12.8 Å². The van der Waals surface area contributed by atoms with Crippen molar-refractivity contribution >= 4 is 23.4 Å². The van der Waals surface area contributed by atoms with E-state index in [9.17, 15) is 19.5 Å². The number of β-amino-alcohol motifs (C(OH)–C–C–N with tert-alkyl or cyclic N) is 1. The number of hydrogen-bond donors (Lipinski definition) is 3. The van der Waals surface area contributed by atoms with Gasteiger partial charge >= 0.3 is 0 Å². The van der Waals surface area contributed by atoms with Gasteiger partial charge in [0.05, 0.1) is 37.8 Å². The minimum absolute atomic E-state index is 0.0275. The molecular weight excluding hydrogens is 440 g/mol.